The van der Waals surface area contributed by atoms with Crippen molar-refractivity contribution >= 4 is 12.1 Å². The van der Waals surface area contributed by atoms with Gasteiger partial charge in [0.2, 0.25) is 0 Å². The van der Waals surface area contributed by atoms with E-state index in [9.17, 15) is 9.59 Å². The Balaban J connectivity index is 3.85. The van der Waals surface area contributed by atoms with Crippen molar-refractivity contribution in [3.05, 3.63) is 0 Å². The van der Waals surface area contributed by atoms with Crippen LogP contribution >= 0.6 is 0 Å². The van der Waals surface area contributed by atoms with Crippen molar-refractivity contribution in [2.45, 2.75) is 59.1 Å². The van der Waals surface area contributed by atoms with Gasteiger partial charge in [0.1, 0.15) is 11.6 Å². The minimum Gasteiger partial charge on any atom is -0.480 e. The summed E-state index contributed by atoms with van der Waals surface area (Å²) in [5, 5.41) is 14.7. The molecule has 0 rings (SSSR count). The van der Waals surface area contributed by atoms with Crippen molar-refractivity contribution in [3.63, 3.8) is 0 Å². The van der Waals surface area contributed by atoms with Crippen molar-refractivity contribution in [3.8, 4) is 0 Å². The summed E-state index contributed by atoms with van der Waals surface area (Å²) in [6.45, 7) is 10.3. The van der Waals surface area contributed by atoms with Gasteiger partial charge in [0.15, 0.2) is 0 Å². The second kappa shape index (κ2) is 8.79. The summed E-state index contributed by atoms with van der Waals surface area (Å²) < 4.78 is 5.09. The number of ether oxygens (including phenoxy) is 1. The van der Waals surface area contributed by atoms with E-state index < -0.39 is 23.7 Å². The number of carbonyl (C=O) groups is 2. The predicted molar refractivity (Wildman–Crippen MR) is 77.7 cm³/mol. The number of hydrogen-bond acceptors (Lipinski definition) is 4. The molecule has 0 unspecified atom stereocenters. The Morgan fingerprint density at radius 1 is 1.25 bits per heavy atom. The fraction of sp³-hybridized carbons (Fsp3) is 0.857. The van der Waals surface area contributed by atoms with Crippen LogP contribution in [0.1, 0.15) is 47.5 Å². The molecular formula is C14H28N2O4. The SMILES string of the molecule is CC[C@H](C)[C@H](NCCCNC(=O)OC(C)(C)C)C(=O)O. The monoisotopic (exact) mass is 288 g/mol. The average Bonchev–Trinajstić information content (AvgIpc) is 2.30. The summed E-state index contributed by atoms with van der Waals surface area (Å²) in [6.07, 6.45) is 1.01. The molecule has 0 saturated heterocycles. The highest BCUT2D eigenvalue weighted by molar-refractivity contribution is 5.73. The van der Waals surface area contributed by atoms with Gasteiger partial charge in [-0.25, -0.2) is 4.79 Å². The third-order valence-electron chi connectivity index (χ3n) is 2.87. The molecule has 1 amide bonds. The van der Waals surface area contributed by atoms with Crippen LogP contribution in [0, 0.1) is 5.92 Å². The van der Waals surface area contributed by atoms with Gasteiger partial charge in [0, 0.05) is 6.54 Å². The largest absolute Gasteiger partial charge is 0.480 e. The van der Waals surface area contributed by atoms with Crippen LogP contribution in [0.15, 0.2) is 0 Å². The Kier molecular flexibility index (Phi) is 8.22. The van der Waals surface area contributed by atoms with Crippen LogP contribution in [0.5, 0.6) is 0 Å². The van der Waals surface area contributed by atoms with Crippen molar-refractivity contribution in [2.24, 2.45) is 5.92 Å². The summed E-state index contributed by atoms with van der Waals surface area (Å²) in [7, 11) is 0. The maximum atomic E-state index is 11.4. The van der Waals surface area contributed by atoms with Gasteiger partial charge in [-0.05, 0) is 39.7 Å². The lowest BCUT2D eigenvalue weighted by atomic mass is 9.99. The minimum atomic E-state index is -0.834. The van der Waals surface area contributed by atoms with Gasteiger partial charge in [-0.1, -0.05) is 20.3 Å². The molecule has 6 heteroatoms. The van der Waals surface area contributed by atoms with Crippen LogP contribution in [0.4, 0.5) is 4.79 Å². The summed E-state index contributed by atoms with van der Waals surface area (Å²) in [4.78, 5) is 22.4. The first-order valence-electron chi connectivity index (χ1n) is 7.10. The van der Waals surface area contributed by atoms with Crippen molar-refractivity contribution < 1.29 is 19.4 Å². The lowest BCUT2D eigenvalue weighted by Crippen LogP contribution is -2.43. The molecule has 0 aliphatic carbocycles. The minimum absolute atomic E-state index is 0.0753. The summed E-state index contributed by atoms with van der Waals surface area (Å²) in [5.41, 5.74) is -0.507. The fourth-order valence-electron chi connectivity index (χ4n) is 1.62. The highest BCUT2D eigenvalue weighted by Gasteiger charge is 2.22. The molecule has 0 fully saturated rings. The summed E-state index contributed by atoms with van der Waals surface area (Å²) in [6, 6.07) is -0.540. The van der Waals surface area contributed by atoms with E-state index in [0.717, 1.165) is 6.42 Å². The van der Waals surface area contributed by atoms with E-state index in [1.807, 2.05) is 13.8 Å². The first-order chi connectivity index (χ1) is 9.17. The van der Waals surface area contributed by atoms with E-state index >= 15 is 0 Å². The molecule has 0 saturated carbocycles. The zero-order valence-electron chi connectivity index (χ0n) is 13.2. The first-order valence-corrected chi connectivity index (χ1v) is 7.10. The number of carbonyl (C=O) groups excluding carboxylic acids is 1. The number of amides is 1. The molecule has 0 aromatic heterocycles. The van der Waals surface area contributed by atoms with E-state index in [2.05, 4.69) is 10.6 Å². The summed E-state index contributed by atoms with van der Waals surface area (Å²) >= 11 is 0. The first kappa shape index (κ1) is 18.7. The predicted octanol–water partition coefficient (Wildman–Crippen LogP) is 1.99. The number of hydrogen-bond donors (Lipinski definition) is 3. The van der Waals surface area contributed by atoms with Crippen LogP contribution in [0.2, 0.25) is 0 Å². The van der Waals surface area contributed by atoms with Crippen LogP contribution < -0.4 is 10.6 Å². The highest BCUT2D eigenvalue weighted by atomic mass is 16.6. The smallest absolute Gasteiger partial charge is 0.407 e. The van der Waals surface area contributed by atoms with E-state index in [-0.39, 0.29) is 5.92 Å². The van der Waals surface area contributed by atoms with Gasteiger partial charge in [-0.15, -0.1) is 0 Å². The molecule has 0 spiro atoms. The van der Waals surface area contributed by atoms with Gasteiger partial charge >= 0.3 is 12.1 Å². The van der Waals surface area contributed by atoms with Gasteiger partial charge in [-0.2, -0.15) is 0 Å². The lowest BCUT2D eigenvalue weighted by Gasteiger charge is -2.21. The Hall–Kier alpha value is -1.30. The third-order valence-corrected chi connectivity index (χ3v) is 2.87. The quantitative estimate of drug-likeness (QED) is 0.594. The molecule has 20 heavy (non-hydrogen) atoms. The van der Waals surface area contributed by atoms with Crippen LogP contribution in [-0.2, 0) is 9.53 Å². The van der Waals surface area contributed by atoms with Gasteiger partial charge in [0.25, 0.3) is 0 Å². The van der Waals surface area contributed by atoms with Crippen molar-refractivity contribution in [1.82, 2.24) is 10.6 Å². The van der Waals surface area contributed by atoms with E-state index in [4.69, 9.17) is 9.84 Å². The molecule has 0 aromatic rings. The molecule has 118 valence electrons. The van der Waals surface area contributed by atoms with E-state index in [1.54, 1.807) is 20.8 Å². The van der Waals surface area contributed by atoms with Crippen LogP contribution in [0.25, 0.3) is 0 Å². The molecule has 0 aromatic carbocycles. The van der Waals surface area contributed by atoms with Gasteiger partial charge in [-0.3, -0.25) is 4.79 Å². The third kappa shape index (κ3) is 8.74. The second-order valence-corrected chi connectivity index (χ2v) is 5.94. The molecule has 6 nitrogen and oxygen atoms in total. The highest BCUT2D eigenvalue weighted by Crippen LogP contribution is 2.08. The van der Waals surface area contributed by atoms with Crippen LogP contribution in [-0.4, -0.2) is 41.9 Å². The number of rotatable bonds is 8. The molecule has 0 radical (unpaired) electrons. The number of aliphatic carboxylic acids is 1. The van der Waals surface area contributed by atoms with E-state index in [0.29, 0.717) is 19.5 Å². The normalized spacial score (nSPS) is 14.4. The summed E-state index contributed by atoms with van der Waals surface area (Å²) in [5.74, 6) is -0.759. The zero-order chi connectivity index (χ0) is 15.8. The number of carboxylic acids is 1. The molecule has 0 bridgehead atoms. The average molecular weight is 288 g/mol. The zero-order valence-corrected chi connectivity index (χ0v) is 13.2. The molecular weight excluding hydrogens is 260 g/mol. The molecule has 0 aliphatic rings. The molecule has 3 N–H and O–H groups in total. The molecule has 0 heterocycles. The van der Waals surface area contributed by atoms with Gasteiger partial charge in [0.05, 0.1) is 0 Å². The Labute approximate surface area is 121 Å². The Bertz CT molecular complexity index is 313. The van der Waals surface area contributed by atoms with Crippen molar-refractivity contribution in [2.75, 3.05) is 13.1 Å². The maximum Gasteiger partial charge on any atom is 0.407 e. The van der Waals surface area contributed by atoms with Crippen LogP contribution in [0.3, 0.4) is 0 Å². The Morgan fingerprint density at radius 3 is 2.30 bits per heavy atom. The standard InChI is InChI=1S/C14H28N2O4/c1-6-10(2)11(12(17)18)15-8-7-9-16-13(19)20-14(3,4)5/h10-11,15H,6-9H2,1-5H3,(H,16,19)(H,17,18)/t10-,11-/m0/s1. The van der Waals surface area contributed by atoms with E-state index in [1.165, 1.54) is 0 Å². The number of nitrogens with one attached hydrogen (secondary N) is 2. The Morgan fingerprint density at radius 2 is 1.85 bits per heavy atom. The molecule has 2 atom stereocenters. The second-order valence-electron chi connectivity index (χ2n) is 5.94. The number of carboxylic acid groups (broad SMARTS) is 1. The van der Waals surface area contributed by atoms with Gasteiger partial charge < -0.3 is 20.5 Å². The molecule has 0 aliphatic heterocycles. The fourth-order valence-corrected chi connectivity index (χ4v) is 1.62. The lowest BCUT2D eigenvalue weighted by molar-refractivity contribution is -0.140. The number of alkyl carbamates (subject to hydrolysis) is 1. The maximum absolute atomic E-state index is 11.4. The van der Waals surface area contributed by atoms with Crippen molar-refractivity contribution in [1.29, 1.82) is 0 Å². The topological polar surface area (TPSA) is 87.7 Å².